The van der Waals surface area contributed by atoms with Gasteiger partial charge in [-0.2, -0.15) is 0 Å². The first-order chi connectivity index (χ1) is 9.11. The normalized spacial score (nSPS) is 11.4. The van der Waals surface area contributed by atoms with Crippen LogP contribution >= 0.6 is 11.3 Å². The molecule has 19 heavy (non-hydrogen) atoms. The van der Waals surface area contributed by atoms with Gasteiger partial charge in [0.15, 0.2) is 4.96 Å². The number of imidazole rings is 1. The van der Waals surface area contributed by atoms with Gasteiger partial charge in [-0.1, -0.05) is 0 Å². The van der Waals surface area contributed by atoms with Gasteiger partial charge in [-0.3, -0.25) is 9.20 Å². The van der Waals surface area contributed by atoms with Gasteiger partial charge in [0.1, 0.15) is 0 Å². The quantitative estimate of drug-likeness (QED) is 0.874. The molecule has 0 unspecified atom stereocenters. The van der Waals surface area contributed by atoms with Crippen LogP contribution in [-0.2, 0) is 11.2 Å². The Balaban J connectivity index is 2.03. The van der Waals surface area contributed by atoms with E-state index in [1.165, 1.54) is 0 Å². The number of hydrogen-bond donors (Lipinski definition) is 1. The molecule has 0 aliphatic rings. The van der Waals surface area contributed by atoms with Crippen LogP contribution in [-0.4, -0.2) is 44.5 Å². The number of fused-ring (bicyclic) bond motifs is 1. The van der Waals surface area contributed by atoms with Crippen molar-refractivity contribution < 1.29 is 9.90 Å². The third kappa shape index (κ3) is 3.33. The highest BCUT2D eigenvalue weighted by molar-refractivity contribution is 7.15. The average Bonchev–Trinajstić information content (AvgIpc) is 2.89. The molecule has 0 aliphatic heterocycles. The van der Waals surface area contributed by atoms with E-state index in [0.717, 1.165) is 10.7 Å². The van der Waals surface area contributed by atoms with E-state index in [1.54, 1.807) is 16.2 Å². The molecule has 2 aromatic rings. The molecule has 0 fully saturated rings. The average molecular weight is 281 g/mol. The van der Waals surface area contributed by atoms with Crippen molar-refractivity contribution in [2.45, 2.75) is 32.7 Å². The number of amides is 1. The van der Waals surface area contributed by atoms with Crippen LogP contribution in [0.5, 0.6) is 0 Å². The summed E-state index contributed by atoms with van der Waals surface area (Å²) in [7, 11) is 0. The van der Waals surface area contributed by atoms with E-state index in [-0.39, 0.29) is 18.6 Å². The first kappa shape index (κ1) is 14.0. The molecule has 2 aromatic heterocycles. The molecule has 6 heteroatoms. The SMILES string of the molecule is CC(C)N(CCCO)C(=O)Cc1cn2ccsc2n1. The van der Waals surface area contributed by atoms with Gasteiger partial charge in [0.05, 0.1) is 12.1 Å². The van der Waals surface area contributed by atoms with Gasteiger partial charge in [-0.05, 0) is 20.3 Å². The molecule has 104 valence electrons. The fourth-order valence-corrected chi connectivity index (χ4v) is 2.75. The van der Waals surface area contributed by atoms with Crippen molar-refractivity contribution in [1.29, 1.82) is 0 Å². The summed E-state index contributed by atoms with van der Waals surface area (Å²) in [6.07, 6.45) is 4.77. The molecule has 0 aliphatic carbocycles. The number of rotatable bonds is 6. The minimum atomic E-state index is 0.0641. The summed E-state index contributed by atoms with van der Waals surface area (Å²) in [5.74, 6) is 0.0641. The minimum Gasteiger partial charge on any atom is -0.396 e. The number of aliphatic hydroxyl groups is 1. The Kier molecular flexibility index (Phi) is 4.55. The highest BCUT2D eigenvalue weighted by Gasteiger charge is 2.18. The topological polar surface area (TPSA) is 57.8 Å². The van der Waals surface area contributed by atoms with Crippen LogP contribution in [0.3, 0.4) is 0 Å². The van der Waals surface area contributed by atoms with Crippen LogP contribution < -0.4 is 0 Å². The van der Waals surface area contributed by atoms with Crippen LogP contribution in [0.25, 0.3) is 4.96 Å². The number of carbonyl (C=O) groups is 1. The molecule has 0 saturated carbocycles. The third-order valence-electron chi connectivity index (χ3n) is 2.98. The summed E-state index contributed by atoms with van der Waals surface area (Å²) in [6.45, 7) is 4.67. The fourth-order valence-electron chi connectivity index (χ4n) is 2.03. The maximum absolute atomic E-state index is 12.3. The number of nitrogens with zero attached hydrogens (tertiary/aromatic N) is 3. The Morgan fingerprint density at radius 2 is 2.37 bits per heavy atom. The summed E-state index contributed by atoms with van der Waals surface area (Å²) in [5.41, 5.74) is 0.798. The Morgan fingerprint density at radius 3 is 3.00 bits per heavy atom. The van der Waals surface area contributed by atoms with Crippen molar-refractivity contribution in [2.24, 2.45) is 0 Å². The summed E-state index contributed by atoms with van der Waals surface area (Å²) in [6, 6.07) is 0.141. The van der Waals surface area contributed by atoms with Crippen LogP contribution in [0.15, 0.2) is 17.8 Å². The summed E-state index contributed by atoms with van der Waals surface area (Å²) >= 11 is 1.56. The van der Waals surface area contributed by atoms with Gasteiger partial charge < -0.3 is 10.0 Å². The van der Waals surface area contributed by atoms with Crippen LogP contribution in [0.1, 0.15) is 26.0 Å². The highest BCUT2D eigenvalue weighted by atomic mass is 32.1. The molecule has 2 rings (SSSR count). The number of carbonyl (C=O) groups excluding carboxylic acids is 1. The Morgan fingerprint density at radius 1 is 1.58 bits per heavy atom. The molecule has 0 spiro atoms. The van der Waals surface area contributed by atoms with E-state index in [1.807, 2.05) is 36.0 Å². The lowest BCUT2D eigenvalue weighted by molar-refractivity contribution is -0.132. The van der Waals surface area contributed by atoms with Gasteiger partial charge in [0.2, 0.25) is 5.91 Å². The molecule has 0 atom stereocenters. The van der Waals surface area contributed by atoms with E-state index >= 15 is 0 Å². The Labute approximate surface area is 116 Å². The van der Waals surface area contributed by atoms with Crippen molar-refractivity contribution in [3.8, 4) is 0 Å². The molecule has 1 amide bonds. The van der Waals surface area contributed by atoms with Gasteiger partial charge in [-0.25, -0.2) is 4.98 Å². The smallest absolute Gasteiger partial charge is 0.228 e. The molecular weight excluding hydrogens is 262 g/mol. The molecule has 0 bridgehead atoms. The predicted molar refractivity (Wildman–Crippen MR) is 75.3 cm³/mol. The largest absolute Gasteiger partial charge is 0.396 e. The van der Waals surface area contributed by atoms with Crippen molar-refractivity contribution in [2.75, 3.05) is 13.2 Å². The lowest BCUT2D eigenvalue weighted by Gasteiger charge is -2.26. The first-order valence-corrected chi connectivity index (χ1v) is 7.31. The maximum Gasteiger partial charge on any atom is 0.228 e. The van der Waals surface area contributed by atoms with E-state index in [0.29, 0.717) is 19.4 Å². The third-order valence-corrected chi connectivity index (χ3v) is 3.75. The van der Waals surface area contributed by atoms with Crippen LogP contribution in [0, 0.1) is 0 Å². The molecule has 0 saturated heterocycles. The molecule has 1 N–H and O–H groups in total. The van der Waals surface area contributed by atoms with Crippen molar-refractivity contribution in [3.05, 3.63) is 23.5 Å². The summed E-state index contributed by atoms with van der Waals surface area (Å²) in [5, 5.41) is 10.9. The maximum atomic E-state index is 12.3. The second-order valence-corrected chi connectivity index (χ2v) is 5.63. The van der Waals surface area contributed by atoms with Crippen molar-refractivity contribution >= 4 is 22.2 Å². The second-order valence-electron chi connectivity index (χ2n) is 4.76. The minimum absolute atomic E-state index is 0.0641. The highest BCUT2D eigenvalue weighted by Crippen LogP contribution is 2.13. The standard InChI is InChI=1S/C13H19N3O2S/c1-10(2)16(4-3-6-17)12(18)8-11-9-15-5-7-19-13(15)14-11/h5,7,9-10,17H,3-4,6,8H2,1-2H3. The van der Waals surface area contributed by atoms with Crippen molar-refractivity contribution in [1.82, 2.24) is 14.3 Å². The van der Waals surface area contributed by atoms with Gasteiger partial charge >= 0.3 is 0 Å². The Hall–Kier alpha value is -1.40. The van der Waals surface area contributed by atoms with E-state index in [9.17, 15) is 4.79 Å². The van der Waals surface area contributed by atoms with Crippen LogP contribution in [0.2, 0.25) is 0 Å². The summed E-state index contributed by atoms with van der Waals surface area (Å²) in [4.78, 5) is 19.4. The van der Waals surface area contributed by atoms with Gasteiger partial charge in [0, 0.05) is 37.0 Å². The second kappa shape index (κ2) is 6.16. The first-order valence-electron chi connectivity index (χ1n) is 6.43. The summed E-state index contributed by atoms with van der Waals surface area (Å²) < 4.78 is 1.93. The number of aliphatic hydroxyl groups excluding tert-OH is 1. The molecular formula is C13H19N3O2S. The number of aromatic nitrogens is 2. The lowest BCUT2D eigenvalue weighted by atomic mass is 10.2. The lowest BCUT2D eigenvalue weighted by Crippen LogP contribution is -2.39. The molecule has 0 radical (unpaired) electrons. The zero-order valence-corrected chi connectivity index (χ0v) is 12.1. The van der Waals surface area contributed by atoms with E-state index in [4.69, 9.17) is 5.11 Å². The molecule has 5 nitrogen and oxygen atoms in total. The number of hydrogen-bond acceptors (Lipinski definition) is 4. The number of thiazole rings is 1. The monoisotopic (exact) mass is 281 g/mol. The fraction of sp³-hybridized carbons (Fsp3) is 0.538. The van der Waals surface area contributed by atoms with Crippen LogP contribution in [0.4, 0.5) is 0 Å². The van der Waals surface area contributed by atoms with E-state index in [2.05, 4.69) is 4.98 Å². The van der Waals surface area contributed by atoms with Gasteiger partial charge in [-0.15, -0.1) is 11.3 Å². The van der Waals surface area contributed by atoms with Gasteiger partial charge in [0.25, 0.3) is 0 Å². The Bertz CT molecular complexity index is 518. The van der Waals surface area contributed by atoms with E-state index < -0.39 is 0 Å². The zero-order valence-electron chi connectivity index (χ0n) is 11.2. The molecule has 0 aromatic carbocycles. The predicted octanol–water partition coefficient (Wildman–Crippen LogP) is 1.56. The van der Waals surface area contributed by atoms with Crippen molar-refractivity contribution in [3.63, 3.8) is 0 Å². The zero-order chi connectivity index (χ0) is 13.8. The molecule has 2 heterocycles.